The number of aromatic hydroxyl groups is 2. The number of hydrogen-bond acceptors (Lipinski definition) is 30. The molecule has 0 aliphatic carbocycles. The molecular weight excluding hydrogens is 1870 g/mol. The molecule has 2 rings (SSSR count). The molecule has 0 unspecified atom stereocenters. The highest BCUT2D eigenvalue weighted by Gasteiger charge is 2.40. The lowest BCUT2D eigenvalue weighted by Crippen LogP contribution is -2.62. The Kier molecular flexibility index (Phi) is 59.8. The van der Waals surface area contributed by atoms with Crippen LogP contribution in [0.2, 0.25) is 0 Å². The molecule has 140 heavy (non-hydrogen) atoms. The van der Waals surface area contributed by atoms with Crippen LogP contribution in [0.1, 0.15) is 174 Å². The zero-order chi connectivity index (χ0) is 105. The van der Waals surface area contributed by atoms with Crippen LogP contribution in [0.5, 0.6) is 11.5 Å². The van der Waals surface area contributed by atoms with Crippen LogP contribution in [-0.4, -0.2) is 316 Å². The fraction of sp³-hybridized carbons (Fsp3) is 0.636. The van der Waals surface area contributed by atoms with Gasteiger partial charge in [-0.2, -0.15) is 23.5 Å². The molecule has 2 aromatic rings. The third-order valence-electron chi connectivity index (χ3n) is 21.5. The molecular formula is C88H148N26O24S2. The number of aliphatic hydroxyl groups excluding tert-OH is 2. The first-order chi connectivity index (χ1) is 66.2. The molecule has 0 aliphatic rings. The maximum atomic E-state index is 14.8. The molecule has 50 nitrogen and oxygen atoms in total. The molecule has 0 aliphatic heterocycles. The molecule has 0 spiro atoms. The topological polar surface area (TPSA) is 863 Å². The summed E-state index contributed by atoms with van der Waals surface area (Å²) in [5.74, 6) is -20.8. The van der Waals surface area contributed by atoms with Gasteiger partial charge >= 0.3 is 11.9 Å². The van der Waals surface area contributed by atoms with Crippen LogP contribution in [0.25, 0.3) is 0 Å². The number of nitrogens with two attached hydrogens (primary N) is 7. The zero-order valence-electron chi connectivity index (χ0n) is 80.3. The van der Waals surface area contributed by atoms with E-state index in [1.807, 2.05) is 6.26 Å². The molecule has 0 saturated heterocycles. The van der Waals surface area contributed by atoms with Gasteiger partial charge in [-0.25, -0.2) is 4.79 Å². The number of thioether (sulfide) groups is 2. The molecule has 0 radical (unpaired) electrons. The average Bonchev–Trinajstić information content (AvgIpc) is 0.845. The fourth-order valence-electron chi connectivity index (χ4n) is 13.9. The third-order valence-corrected chi connectivity index (χ3v) is 22.8. The lowest BCUT2D eigenvalue weighted by atomic mass is 10.0. The lowest BCUT2D eigenvalue weighted by molar-refractivity contribution is -0.143. The third kappa shape index (κ3) is 50.4. The highest BCUT2D eigenvalue weighted by Crippen LogP contribution is 2.19. The Hall–Kier alpha value is -12.5. The summed E-state index contributed by atoms with van der Waals surface area (Å²) in [6, 6.07) is -13.3. The molecule has 0 bridgehead atoms. The van der Waals surface area contributed by atoms with Crippen molar-refractivity contribution in [1.29, 1.82) is 10.8 Å². The molecule has 16 atom stereocenters. The molecule has 0 saturated carbocycles. The number of unbranched alkanes of at least 4 members (excludes halogenated alkanes) is 3. The number of guanidine groups is 2. The highest BCUT2D eigenvalue weighted by molar-refractivity contribution is 7.98. The number of phenolic OH excluding ortho intramolecular Hbond substituents is 2. The smallest absolute Gasteiger partial charge is 0.326 e. The molecule has 786 valence electrons. The van der Waals surface area contributed by atoms with E-state index >= 15 is 0 Å². The van der Waals surface area contributed by atoms with Crippen molar-refractivity contribution >= 4 is 142 Å². The van der Waals surface area contributed by atoms with Crippen molar-refractivity contribution in [2.24, 2.45) is 52.0 Å². The van der Waals surface area contributed by atoms with Gasteiger partial charge in [0.05, 0.1) is 31.7 Å². The van der Waals surface area contributed by atoms with Crippen molar-refractivity contribution in [2.45, 2.75) is 273 Å². The zero-order valence-corrected chi connectivity index (χ0v) is 82.0. The van der Waals surface area contributed by atoms with E-state index in [0.717, 1.165) is 6.92 Å². The number of hydrogen-bond donors (Lipinski definition) is 32. The Morgan fingerprint density at radius 2 is 0.679 bits per heavy atom. The van der Waals surface area contributed by atoms with Gasteiger partial charge in [0.25, 0.3) is 0 Å². The summed E-state index contributed by atoms with van der Waals surface area (Å²) < 4.78 is 0. The Labute approximate surface area is 821 Å². The number of aliphatic hydroxyl groups is 2. The van der Waals surface area contributed by atoms with Crippen LogP contribution in [0.3, 0.4) is 0 Å². The minimum atomic E-state index is -2.12. The summed E-state index contributed by atoms with van der Waals surface area (Å²) in [7, 11) is 0. The van der Waals surface area contributed by atoms with E-state index in [2.05, 4.69) is 90.4 Å². The predicted octanol–water partition coefficient (Wildman–Crippen LogP) is -7.18. The van der Waals surface area contributed by atoms with E-state index in [0.29, 0.717) is 36.1 Å². The molecule has 16 amide bonds. The van der Waals surface area contributed by atoms with Gasteiger partial charge in [0.1, 0.15) is 96.1 Å². The number of carboxylic acid groups (broad SMARTS) is 2. The summed E-state index contributed by atoms with van der Waals surface area (Å²) in [6.07, 6.45) is -0.772. The number of amides is 16. The summed E-state index contributed by atoms with van der Waals surface area (Å²) in [6.45, 7) is 6.36. The van der Waals surface area contributed by atoms with Crippen molar-refractivity contribution in [3.8, 4) is 11.5 Å². The Morgan fingerprint density at radius 1 is 0.364 bits per heavy atom. The first kappa shape index (κ1) is 124. The van der Waals surface area contributed by atoms with Gasteiger partial charge in [-0.3, -0.25) is 92.3 Å². The first-order valence-electron chi connectivity index (χ1n) is 46.3. The van der Waals surface area contributed by atoms with E-state index in [4.69, 9.17) is 51.0 Å². The minimum Gasteiger partial charge on any atom is -0.508 e. The average molecular weight is 2020 g/mol. The van der Waals surface area contributed by atoms with E-state index in [1.54, 1.807) is 34.0 Å². The Bertz CT molecular complexity index is 4360. The standard InChI is InChI=1S/C88H148N26O24S2/c1-47(2)40-62(109-74(125)56(17-9-12-34-90)102-73(124)55(16-8-11-33-89)103-78(129)60(29-30-68(93)119)107-81(132)63(42-50-21-25-52(117)26-22-50)101-69(120)45-100-72(123)54(92)31-38-139-6)80(131)105-59(20-15-37-99-88(96)97)77(128)113-67(46-115)84(135)108-61(32-39-140-7)79(130)114-71(49(5)116)85(136)111-65(44-70(121)122)83(134)104-57(18-10-13-35-91)75(126)110-64(43-51-23-27-53(118)28-24-51)82(133)106-58(19-14-36-98-87(94)95)76(127)112-66(86(137)138)41-48(3)4/h21-28,47-49,54-67,71,115-118H,8-20,29-46,89-92H2,1-7H3,(H2,93,119)(H,100,123)(H,101,120)(H,102,124)(H,103,129)(H,104,134)(H,105,131)(H,106,133)(H,107,132)(H,108,135)(H,109,125)(H,110,126)(H,111,136)(H,112,127)(H,113,128)(H,114,130)(H,121,122)(H,137,138)(H4,94,95,98)(H4,96,97,99)/t49-,54+,55+,56+,57+,58-,59+,60+,61+,62+,63+,64+,65+,66+,67+,71+/m1/s1. The summed E-state index contributed by atoms with van der Waals surface area (Å²) in [4.78, 5) is 252. The molecule has 0 aromatic heterocycles. The number of nitrogens with one attached hydrogen (secondary N) is 19. The highest BCUT2D eigenvalue weighted by atomic mass is 32.2. The molecule has 0 fully saturated rings. The van der Waals surface area contributed by atoms with Gasteiger partial charge in [-0.05, 0) is 213 Å². The van der Waals surface area contributed by atoms with Crippen LogP contribution in [-0.2, 0) is 99.1 Å². The summed E-state index contributed by atoms with van der Waals surface area (Å²) in [5.41, 5.74) is 40.8. The second kappa shape index (κ2) is 67.7. The largest absolute Gasteiger partial charge is 0.508 e. The van der Waals surface area contributed by atoms with Crippen molar-refractivity contribution in [1.82, 2.24) is 90.4 Å². The number of carboxylic acids is 2. The predicted molar refractivity (Wildman–Crippen MR) is 521 cm³/mol. The van der Waals surface area contributed by atoms with Crippen LogP contribution in [0, 0.1) is 22.7 Å². The van der Waals surface area contributed by atoms with Crippen molar-refractivity contribution < 1.29 is 117 Å². The molecule has 39 N–H and O–H groups in total. The van der Waals surface area contributed by atoms with E-state index in [9.17, 15) is 117 Å². The quantitative estimate of drug-likeness (QED) is 0.0166. The summed E-state index contributed by atoms with van der Waals surface area (Å²) >= 11 is 2.62. The molecule has 0 heterocycles. The monoisotopic (exact) mass is 2020 g/mol. The fourth-order valence-corrected chi connectivity index (χ4v) is 14.9. The second-order valence-electron chi connectivity index (χ2n) is 34.4. The second-order valence-corrected chi connectivity index (χ2v) is 36.4. The van der Waals surface area contributed by atoms with Crippen LogP contribution in [0.15, 0.2) is 48.5 Å². The maximum absolute atomic E-state index is 14.8. The maximum Gasteiger partial charge on any atom is 0.326 e. The Balaban J connectivity index is 2.60. The van der Waals surface area contributed by atoms with E-state index in [-0.39, 0.29) is 159 Å². The van der Waals surface area contributed by atoms with E-state index in [1.165, 1.54) is 72.1 Å². The number of carbonyl (C=O) groups is 18. The molecule has 2 aromatic carbocycles. The summed E-state index contributed by atoms with van der Waals surface area (Å²) in [5, 5.41) is 120. The minimum absolute atomic E-state index is 0.00383. The normalized spacial score (nSPS) is 14.6. The SMILES string of the molecule is CSCC[C@H](NC(=O)[C@H](CO)NC(=O)[C@H](CCCNC(=N)N)NC(=O)[C@H](CC(C)C)NC(=O)[C@H](CCCCN)NC(=O)[C@H](CCCCN)NC(=O)[C@H](CCC(N)=O)NC(=O)[C@H](Cc1ccc(O)cc1)NC(=O)CNC(=O)[C@@H](N)CCSC)C(=O)N[C@H](C(=O)N[C@@H](CC(=O)O)C(=O)N[C@@H](CCCCN)C(=O)N[C@@H](Cc1ccc(O)cc1)C(=O)N[C@H](CCCNC(=N)N)C(=O)N[C@@H](CC(C)C)C(=O)O)[C@@H](C)O. The van der Waals surface area contributed by atoms with Crippen LogP contribution in [0.4, 0.5) is 0 Å². The van der Waals surface area contributed by atoms with Gasteiger partial charge in [0.15, 0.2) is 11.9 Å². The van der Waals surface area contributed by atoms with Gasteiger partial charge in [0.2, 0.25) is 94.5 Å². The van der Waals surface area contributed by atoms with Gasteiger partial charge < -0.3 is 161 Å². The van der Waals surface area contributed by atoms with Gasteiger partial charge in [0, 0.05) is 32.4 Å². The van der Waals surface area contributed by atoms with Gasteiger partial charge in [-0.15, -0.1) is 0 Å². The number of carbonyl (C=O) groups excluding carboxylic acids is 16. The van der Waals surface area contributed by atoms with Crippen molar-refractivity contribution in [3.05, 3.63) is 59.7 Å². The van der Waals surface area contributed by atoms with Crippen molar-refractivity contribution in [2.75, 3.05) is 69.9 Å². The van der Waals surface area contributed by atoms with Gasteiger partial charge in [-0.1, -0.05) is 52.0 Å². The van der Waals surface area contributed by atoms with E-state index < -0.39 is 253 Å². The number of rotatable bonds is 72. The van der Waals surface area contributed by atoms with Crippen LogP contribution >= 0.6 is 23.5 Å². The first-order valence-corrected chi connectivity index (χ1v) is 49.1. The number of benzene rings is 2. The van der Waals surface area contributed by atoms with Crippen LogP contribution < -0.4 is 131 Å². The Morgan fingerprint density at radius 3 is 1.04 bits per heavy atom. The lowest BCUT2D eigenvalue weighted by Gasteiger charge is -2.29. The number of phenols is 2. The number of aliphatic carboxylic acids is 2. The number of primary amides is 1. The molecule has 52 heteroatoms. The van der Waals surface area contributed by atoms with Crippen molar-refractivity contribution in [3.63, 3.8) is 0 Å².